The number of carbonyl (C=O) groups is 3. The monoisotopic (exact) mass is 450 g/mol. The molecule has 1 saturated heterocycles. The number of hydrogen-bond acceptors (Lipinski definition) is 3. The van der Waals surface area contributed by atoms with Gasteiger partial charge in [-0.05, 0) is 63.1 Å². The van der Waals surface area contributed by atoms with Gasteiger partial charge in [0, 0.05) is 36.5 Å². The van der Waals surface area contributed by atoms with E-state index in [0.29, 0.717) is 24.0 Å². The maximum absolute atomic E-state index is 13.0. The van der Waals surface area contributed by atoms with Crippen LogP contribution in [0.25, 0.3) is 0 Å². The third-order valence-corrected chi connectivity index (χ3v) is 6.36. The van der Waals surface area contributed by atoms with E-state index in [9.17, 15) is 19.5 Å². The van der Waals surface area contributed by atoms with Crippen LogP contribution < -0.4 is 5.32 Å². The van der Waals surface area contributed by atoms with Crippen molar-refractivity contribution in [2.45, 2.75) is 72.3 Å². The van der Waals surface area contributed by atoms with Crippen molar-refractivity contribution in [3.8, 4) is 0 Å². The molecule has 172 valence electrons. The summed E-state index contributed by atoms with van der Waals surface area (Å²) in [5.74, 6) is -1.07. The Hall–Kier alpha value is -2.08. The first-order chi connectivity index (χ1) is 14.1. The third-order valence-electron chi connectivity index (χ3n) is 6.11. The number of aliphatic carboxylic acids is 1. The van der Waals surface area contributed by atoms with Crippen LogP contribution in [0.1, 0.15) is 72.3 Å². The third kappa shape index (κ3) is 6.70. The zero-order valence-corrected chi connectivity index (χ0v) is 20.2. The maximum atomic E-state index is 13.0. The lowest BCUT2D eigenvalue weighted by Gasteiger charge is -2.45. The summed E-state index contributed by atoms with van der Waals surface area (Å²) in [5.41, 5.74) is -0.784. The Kier molecular flexibility index (Phi) is 7.47. The molecule has 0 radical (unpaired) electrons. The van der Waals surface area contributed by atoms with Gasteiger partial charge in [0.05, 0.1) is 5.41 Å². The summed E-state index contributed by atoms with van der Waals surface area (Å²) in [6, 6.07) is 7.93. The number of carboxylic acids is 1. The second-order valence-corrected chi connectivity index (χ2v) is 11.1. The highest BCUT2D eigenvalue weighted by Gasteiger charge is 2.39. The number of likely N-dealkylation sites (tertiary alicyclic amines) is 1. The number of piperidine rings is 1. The van der Waals surface area contributed by atoms with E-state index in [0.717, 1.165) is 6.42 Å². The van der Waals surface area contributed by atoms with Crippen molar-refractivity contribution in [1.29, 1.82) is 0 Å². The molecule has 0 saturated carbocycles. The topological polar surface area (TPSA) is 86.7 Å². The van der Waals surface area contributed by atoms with Crippen molar-refractivity contribution in [2.75, 3.05) is 13.1 Å². The van der Waals surface area contributed by atoms with E-state index in [1.54, 1.807) is 13.8 Å². The molecule has 1 aromatic rings. The molecule has 1 aliphatic rings. The fraction of sp³-hybridized carbons (Fsp3) is 0.625. The highest BCUT2D eigenvalue weighted by atomic mass is 35.5. The molecule has 0 aromatic heterocycles. The molecule has 31 heavy (non-hydrogen) atoms. The first-order valence-electron chi connectivity index (χ1n) is 10.7. The number of amides is 2. The van der Waals surface area contributed by atoms with Crippen molar-refractivity contribution in [3.05, 3.63) is 34.9 Å². The zero-order valence-electron chi connectivity index (χ0n) is 19.4. The number of carbonyl (C=O) groups excluding carboxylic acids is 2. The van der Waals surface area contributed by atoms with Crippen LogP contribution in [0.3, 0.4) is 0 Å². The van der Waals surface area contributed by atoms with Gasteiger partial charge in [-0.1, -0.05) is 37.6 Å². The highest BCUT2D eigenvalue weighted by molar-refractivity contribution is 6.30. The fourth-order valence-corrected chi connectivity index (χ4v) is 4.44. The van der Waals surface area contributed by atoms with Crippen LogP contribution in [0.5, 0.6) is 0 Å². The molecular weight excluding hydrogens is 416 g/mol. The smallest absolute Gasteiger partial charge is 0.309 e. The standard InChI is InChI=1S/C24H35ClN2O4/c1-22(2,21(30)31)13-19(28)26-24(5,6)14-20(29)27-12-11-18(23(3,4)15-27)16-7-9-17(25)10-8-16/h7-10,18H,11-15H2,1-6H3,(H,26,28)(H,30,31). The van der Waals surface area contributed by atoms with Crippen molar-refractivity contribution in [1.82, 2.24) is 10.2 Å². The molecule has 2 rings (SSSR count). The van der Waals surface area contributed by atoms with Crippen LogP contribution in [0.4, 0.5) is 0 Å². The molecule has 1 fully saturated rings. The minimum Gasteiger partial charge on any atom is -0.481 e. The Balaban J connectivity index is 1.98. The molecule has 0 spiro atoms. The molecule has 1 heterocycles. The zero-order chi connectivity index (χ0) is 23.6. The summed E-state index contributed by atoms with van der Waals surface area (Å²) in [4.78, 5) is 38.5. The maximum Gasteiger partial charge on any atom is 0.309 e. The van der Waals surface area contributed by atoms with Gasteiger partial charge in [0.15, 0.2) is 0 Å². The van der Waals surface area contributed by atoms with Gasteiger partial charge in [-0.2, -0.15) is 0 Å². The first-order valence-corrected chi connectivity index (χ1v) is 11.1. The van der Waals surface area contributed by atoms with Crippen molar-refractivity contribution in [2.24, 2.45) is 10.8 Å². The Bertz CT molecular complexity index is 830. The van der Waals surface area contributed by atoms with E-state index < -0.39 is 16.9 Å². The van der Waals surface area contributed by atoms with E-state index in [-0.39, 0.29) is 30.1 Å². The molecule has 1 aromatic carbocycles. The summed E-state index contributed by atoms with van der Waals surface area (Å²) >= 11 is 6.02. The minimum absolute atomic E-state index is 0.00886. The van der Waals surface area contributed by atoms with Crippen LogP contribution in [-0.4, -0.2) is 46.4 Å². The second-order valence-electron chi connectivity index (χ2n) is 10.7. The van der Waals surface area contributed by atoms with Crippen LogP contribution in [0, 0.1) is 10.8 Å². The summed E-state index contributed by atoms with van der Waals surface area (Å²) in [7, 11) is 0. The number of rotatable bonds is 7. The van der Waals surface area contributed by atoms with Gasteiger partial charge < -0.3 is 15.3 Å². The van der Waals surface area contributed by atoms with Gasteiger partial charge in [0.2, 0.25) is 11.8 Å². The normalized spacial score (nSPS) is 19.1. The van der Waals surface area contributed by atoms with Gasteiger partial charge in [0.1, 0.15) is 0 Å². The summed E-state index contributed by atoms with van der Waals surface area (Å²) in [5, 5.41) is 12.8. The van der Waals surface area contributed by atoms with Crippen LogP contribution in [0.2, 0.25) is 5.02 Å². The number of hydrogen-bond donors (Lipinski definition) is 2. The molecule has 2 N–H and O–H groups in total. The van der Waals surface area contributed by atoms with Gasteiger partial charge in [-0.3, -0.25) is 14.4 Å². The minimum atomic E-state index is -1.16. The predicted molar refractivity (Wildman–Crippen MR) is 122 cm³/mol. The molecule has 6 nitrogen and oxygen atoms in total. The Morgan fingerprint density at radius 2 is 1.71 bits per heavy atom. The lowest BCUT2D eigenvalue weighted by atomic mass is 9.70. The molecule has 1 aliphatic heterocycles. The van der Waals surface area contributed by atoms with Crippen LogP contribution in [-0.2, 0) is 14.4 Å². The van der Waals surface area contributed by atoms with Crippen molar-refractivity contribution >= 4 is 29.4 Å². The quantitative estimate of drug-likeness (QED) is 0.641. The Morgan fingerprint density at radius 3 is 2.23 bits per heavy atom. The average Bonchev–Trinajstić information content (AvgIpc) is 2.60. The lowest BCUT2D eigenvalue weighted by Crippen LogP contribution is -2.52. The van der Waals surface area contributed by atoms with Gasteiger partial charge in [-0.25, -0.2) is 0 Å². The fourth-order valence-electron chi connectivity index (χ4n) is 4.32. The molecule has 0 aliphatic carbocycles. The molecule has 1 unspecified atom stereocenters. The van der Waals surface area contributed by atoms with E-state index >= 15 is 0 Å². The number of nitrogens with one attached hydrogen (secondary N) is 1. The summed E-state index contributed by atoms with van der Waals surface area (Å²) in [6.07, 6.45) is 0.882. The molecule has 2 amide bonds. The molecule has 0 bridgehead atoms. The second kappa shape index (κ2) is 9.19. The van der Waals surface area contributed by atoms with Gasteiger partial charge in [0.25, 0.3) is 0 Å². The predicted octanol–water partition coefficient (Wildman–Crippen LogP) is 4.47. The first kappa shape index (κ1) is 25.2. The van der Waals surface area contributed by atoms with E-state index in [2.05, 4.69) is 31.3 Å². The number of carboxylic acid groups (broad SMARTS) is 1. The van der Waals surface area contributed by atoms with Gasteiger partial charge in [-0.15, -0.1) is 0 Å². The van der Waals surface area contributed by atoms with Gasteiger partial charge >= 0.3 is 5.97 Å². The van der Waals surface area contributed by atoms with E-state index in [1.807, 2.05) is 17.0 Å². The molecule has 1 atom stereocenters. The van der Waals surface area contributed by atoms with Crippen molar-refractivity contribution in [3.63, 3.8) is 0 Å². The number of nitrogens with zero attached hydrogens (tertiary/aromatic N) is 1. The van der Waals surface area contributed by atoms with Crippen LogP contribution >= 0.6 is 11.6 Å². The average molecular weight is 451 g/mol. The summed E-state index contributed by atoms with van der Waals surface area (Å²) < 4.78 is 0. The molecular formula is C24H35ClN2O4. The van der Waals surface area contributed by atoms with E-state index in [4.69, 9.17) is 11.6 Å². The molecule has 7 heteroatoms. The number of halogens is 1. The number of benzene rings is 1. The Morgan fingerprint density at radius 1 is 1.13 bits per heavy atom. The van der Waals surface area contributed by atoms with Crippen LogP contribution in [0.15, 0.2) is 24.3 Å². The summed E-state index contributed by atoms with van der Waals surface area (Å²) in [6.45, 7) is 12.3. The SMILES string of the molecule is CC(C)(CC(=O)N1CCC(c2ccc(Cl)cc2)C(C)(C)C1)NC(=O)CC(C)(C)C(=O)O. The largest absolute Gasteiger partial charge is 0.481 e. The Labute approximate surface area is 190 Å². The lowest BCUT2D eigenvalue weighted by molar-refractivity contribution is -0.150. The van der Waals surface area contributed by atoms with Crippen molar-refractivity contribution < 1.29 is 19.5 Å². The van der Waals surface area contributed by atoms with E-state index in [1.165, 1.54) is 19.4 Å². The highest BCUT2D eigenvalue weighted by Crippen LogP contribution is 2.42.